The van der Waals surface area contributed by atoms with Crippen LogP contribution in [0.25, 0.3) is 0 Å². The molecule has 0 aliphatic carbocycles. The fourth-order valence-electron chi connectivity index (χ4n) is 1.62. The zero-order valence-corrected chi connectivity index (χ0v) is 11.5. The SMILES string of the molecule is O=S(=O)(NCCOc1ccccc1)c1ccccc1O. The molecule has 0 saturated heterocycles. The summed E-state index contributed by atoms with van der Waals surface area (Å²) in [6.07, 6.45) is 0. The van der Waals surface area contributed by atoms with Gasteiger partial charge in [-0.3, -0.25) is 0 Å². The van der Waals surface area contributed by atoms with Crippen LogP contribution in [0, 0.1) is 0 Å². The van der Waals surface area contributed by atoms with E-state index in [1.165, 1.54) is 12.1 Å². The predicted octanol–water partition coefficient (Wildman–Crippen LogP) is 1.75. The predicted molar refractivity (Wildman–Crippen MR) is 75.2 cm³/mol. The summed E-state index contributed by atoms with van der Waals surface area (Å²) in [7, 11) is -3.73. The standard InChI is InChI=1S/C14H15NO4S/c16-13-8-4-5-9-14(13)20(17,18)15-10-11-19-12-6-2-1-3-7-12/h1-9,15-16H,10-11H2. The van der Waals surface area contributed by atoms with Crippen LogP contribution >= 0.6 is 0 Å². The van der Waals surface area contributed by atoms with Crippen LogP contribution in [0.15, 0.2) is 59.5 Å². The number of aromatic hydroxyl groups is 1. The number of phenols is 1. The van der Waals surface area contributed by atoms with Gasteiger partial charge in [0.2, 0.25) is 10.0 Å². The summed E-state index contributed by atoms with van der Waals surface area (Å²) in [5.74, 6) is 0.401. The van der Waals surface area contributed by atoms with Crippen LogP contribution in [0.4, 0.5) is 0 Å². The van der Waals surface area contributed by atoms with Gasteiger partial charge in [-0.15, -0.1) is 0 Å². The van der Waals surface area contributed by atoms with Crippen LogP contribution in [0.5, 0.6) is 11.5 Å². The molecule has 6 heteroatoms. The van der Waals surface area contributed by atoms with Gasteiger partial charge in [0, 0.05) is 6.54 Å². The molecule has 0 spiro atoms. The van der Waals surface area contributed by atoms with Gasteiger partial charge in [-0.05, 0) is 24.3 Å². The molecule has 0 fully saturated rings. The van der Waals surface area contributed by atoms with Gasteiger partial charge in [-0.1, -0.05) is 30.3 Å². The molecule has 0 heterocycles. The molecular formula is C14H15NO4S. The number of ether oxygens (including phenoxy) is 1. The molecule has 0 aliphatic rings. The first-order chi connectivity index (χ1) is 9.59. The lowest BCUT2D eigenvalue weighted by atomic mass is 10.3. The number of phenolic OH excluding ortho intramolecular Hbond substituents is 1. The van der Waals surface area contributed by atoms with Gasteiger partial charge in [0.25, 0.3) is 0 Å². The van der Waals surface area contributed by atoms with Crippen molar-refractivity contribution in [3.8, 4) is 11.5 Å². The minimum Gasteiger partial charge on any atom is -0.507 e. The Balaban J connectivity index is 1.89. The van der Waals surface area contributed by atoms with Crippen molar-refractivity contribution in [2.75, 3.05) is 13.2 Å². The lowest BCUT2D eigenvalue weighted by molar-refractivity contribution is 0.322. The Morgan fingerprint density at radius 2 is 1.65 bits per heavy atom. The lowest BCUT2D eigenvalue weighted by Gasteiger charge is -2.09. The summed E-state index contributed by atoms with van der Waals surface area (Å²) >= 11 is 0. The van der Waals surface area contributed by atoms with Crippen molar-refractivity contribution < 1.29 is 18.3 Å². The molecule has 20 heavy (non-hydrogen) atoms. The average molecular weight is 293 g/mol. The average Bonchev–Trinajstić information content (AvgIpc) is 2.45. The molecule has 0 amide bonds. The van der Waals surface area contributed by atoms with Gasteiger partial charge in [-0.2, -0.15) is 0 Å². The monoisotopic (exact) mass is 293 g/mol. The molecule has 0 atom stereocenters. The van der Waals surface area contributed by atoms with E-state index in [2.05, 4.69) is 4.72 Å². The van der Waals surface area contributed by atoms with E-state index in [9.17, 15) is 13.5 Å². The summed E-state index contributed by atoms with van der Waals surface area (Å²) < 4.78 is 31.6. The summed E-state index contributed by atoms with van der Waals surface area (Å²) in [4.78, 5) is -0.139. The molecular weight excluding hydrogens is 278 g/mol. The van der Waals surface area contributed by atoms with Crippen molar-refractivity contribution in [1.29, 1.82) is 0 Å². The van der Waals surface area contributed by atoms with Gasteiger partial charge in [0.1, 0.15) is 23.0 Å². The topological polar surface area (TPSA) is 75.6 Å². The highest BCUT2D eigenvalue weighted by molar-refractivity contribution is 7.89. The third-order valence-corrected chi connectivity index (χ3v) is 4.07. The minimum atomic E-state index is -3.73. The van der Waals surface area contributed by atoms with Gasteiger partial charge in [0.15, 0.2) is 0 Å². The first kappa shape index (κ1) is 14.4. The molecule has 0 aliphatic heterocycles. The van der Waals surface area contributed by atoms with E-state index < -0.39 is 10.0 Å². The van der Waals surface area contributed by atoms with Crippen molar-refractivity contribution >= 4 is 10.0 Å². The van der Waals surface area contributed by atoms with E-state index in [-0.39, 0.29) is 23.8 Å². The number of hydrogen-bond donors (Lipinski definition) is 2. The number of rotatable bonds is 6. The number of nitrogens with one attached hydrogen (secondary N) is 1. The van der Waals surface area contributed by atoms with E-state index in [4.69, 9.17) is 4.74 Å². The molecule has 5 nitrogen and oxygen atoms in total. The third-order valence-electron chi connectivity index (χ3n) is 2.56. The molecule has 0 saturated carbocycles. The quantitative estimate of drug-likeness (QED) is 0.796. The van der Waals surface area contributed by atoms with Gasteiger partial charge >= 0.3 is 0 Å². The summed E-state index contributed by atoms with van der Waals surface area (Å²) in [6.45, 7) is 0.322. The zero-order valence-electron chi connectivity index (χ0n) is 10.7. The minimum absolute atomic E-state index is 0.117. The number of sulfonamides is 1. The molecule has 2 rings (SSSR count). The highest BCUT2D eigenvalue weighted by Crippen LogP contribution is 2.20. The third kappa shape index (κ3) is 3.72. The Bertz CT molecular complexity index is 656. The summed E-state index contributed by atoms with van der Waals surface area (Å²) in [5, 5.41) is 9.53. The molecule has 0 radical (unpaired) electrons. The molecule has 2 aromatic carbocycles. The second kappa shape index (κ2) is 6.40. The second-order valence-corrected chi connectivity index (χ2v) is 5.76. The van der Waals surface area contributed by atoms with E-state index in [0.29, 0.717) is 5.75 Å². The smallest absolute Gasteiger partial charge is 0.244 e. The maximum Gasteiger partial charge on any atom is 0.244 e. The Labute approximate surface area is 117 Å². The first-order valence-electron chi connectivity index (χ1n) is 6.05. The van der Waals surface area contributed by atoms with Gasteiger partial charge in [0.05, 0.1) is 0 Å². The van der Waals surface area contributed by atoms with Crippen molar-refractivity contribution in [2.24, 2.45) is 0 Å². The largest absolute Gasteiger partial charge is 0.507 e. The molecule has 0 aromatic heterocycles. The maximum absolute atomic E-state index is 11.9. The fourth-order valence-corrected chi connectivity index (χ4v) is 2.73. The first-order valence-corrected chi connectivity index (χ1v) is 7.53. The zero-order chi connectivity index (χ0) is 14.4. The van der Waals surface area contributed by atoms with Crippen LogP contribution in [-0.2, 0) is 10.0 Å². The van der Waals surface area contributed by atoms with Crippen LogP contribution in [0.3, 0.4) is 0 Å². The van der Waals surface area contributed by atoms with E-state index in [1.807, 2.05) is 18.2 Å². The van der Waals surface area contributed by atoms with Gasteiger partial charge in [-0.25, -0.2) is 13.1 Å². The molecule has 0 unspecified atom stereocenters. The van der Waals surface area contributed by atoms with Crippen molar-refractivity contribution in [3.63, 3.8) is 0 Å². The Morgan fingerprint density at radius 3 is 2.35 bits per heavy atom. The van der Waals surface area contributed by atoms with E-state index >= 15 is 0 Å². The van der Waals surface area contributed by atoms with Crippen LogP contribution in [-0.4, -0.2) is 26.7 Å². The number of benzene rings is 2. The lowest BCUT2D eigenvalue weighted by Crippen LogP contribution is -2.28. The number of hydrogen-bond acceptors (Lipinski definition) is 4. The van der Waals surface area contributed by atoms with Crippen molar-refractivity contribution in [2.45, 2.75) is 4.90 Å². The molecule has 0 bridgehead atoms. The molecule has 2 N–H and O–H groups in total. The Kier molecular flexibility index (Phi) is 4.60. The fraction of sp³-hybridized carbons (Fsp3) is 0.143. The van der Waals surface area contributed by atoms with Crippen molar-refractivity contribution in [3.05, 3.63) is 54.6 Å². The van der Waals surface area contributed by atoms with Crippen LogP contribution in [0.2, 0.25) is 0 Å². The maximum atomic E-state index is 11.9. The summed E-state index contributed by atoms with van der Waals surface area (Å²) in [5.41, 5.74) is 0. The van der Waals surface area contributed by atoms with E-state index in [1.54, 1.807) is 24.3 Å². The van der Waals surface area contributed by atoms with Crippen LogP contribution < -0.4 is 9.46 Å². The highest BCUT2D eigenvalue weighted by Gasteiger charge is 2.17. The second-order valence-electron chi connectivity index (χ2n) is 4.03. The highest BCUT2D eigenvalue weighted by atomic mass is 32.2. The van der Waals surface area contributed by atoms with Crippen LogP contribution in [0.1, 0.15) is 0 Å². The normalized spacial score (nSPS) is 11.2. The Hall–Kier alpha value is -2.05. The van der Waals surface area contributed by atoms with E-state index in [0.717, 1.165) is 0 Å². The number of para-hydroxylation sites is 2. The van der Waals surface area contributed by atoms with Gasteiger partial charge < -0.3 is 9.84 Å². The van der Waals surface area contributed by atoms with Crippen molar-refractivity contribution in [1.82, 2.24) is 4.72 Å². The summed E-state index contributed by atoms with van der Waals surface area (Å²) in [6, 6.07) is 14.9. The molecule has 106 valence electrons. The Morgan fingerprint density at radius 1 is 1.00 bits per heavy atom. The molecule has 2 aromatic rings.